The number of hydrogen-bond donors (Lipinski definition) is 2. The highest BCUT2D eigenvalue weighted by molar-refractivity contribution is 7.91. The standard InChI is InChI=1S/C8H9N3O2S/c1-14(9,13)8-6-4-2-3-5-7(6)11(12)10-8/h2-5,9,12H,1H3. The summed E-state index contributed by atoms with van der Waals surface area (Å²) in [7, 11) is -2.90. The summed E-state index contributed by atoms with van der Waals surface area (Å²) in [5, 5.41) is 13.7. The lowest BCUT2D eigenvalue weighted by molar-refractivity contribution is 0.157. The Morgan fingerprint density at radius 1 is 1.50 bits per heavy atom. The third-order valence-electron chi connectivity index (χ3n) is 1.90. The Hall–Kier alpha value is -1.56. The molecule has 0 amide bonds. The van der Waals surface area contributed by atoms with Crippen molar-refractivity contribution in [3.05, 3.63) is 24.3 Å². The molecular weight excluding hydrogens is 202 g/mol. The molecule has 1 atom stereocenters. The molecule has 1 unspecified atom stereocenters. The van der Waals surface area contributed by atoms with E-state index in [0.29, 0.717) is 15.7 Å². The first-order valence-corrected chi connectivity index (χ1v) is 5.87. The van der Waals surface area contributed by atoms with Gasteiger partial charge in [-0.25, -0.2) is 8.99 Å². The van der Waals surface area contributed by atoms with Gasteiger partial charge in [0.1, 0.15) is 5.52 Å². The van der Waals surface area contributed by atoms with Crippen LogP contribution in [0.3, 0.4) is 0 Å². The smallest absolute Gasteiger partial charge is 0.168 e. The summed E-state index contributed by atoms with van der Waals surface area (Å²) in [5.74, 6) is 0. The van der Waals surface area contributed by atoms with Crippen molar-refractivity contribution in [2.24, 2.45) is 0 Å². The summed E-state index contributed by atoms with van der Waals surface area (Å²) in [5.41, 5.74) is 0.462. The molecule has 2 aromatic rings. The molecular formula is C8H9N3O2S. The number of nitrogens with zero attached hydrogens (tertiary/aromatic N) is 2. The second kappa shape index (κ2) is 2.71. The Labute approximate surface area is 80.9 Å². The summed E-state index contributed by atoms with van der Waals surface area (Å²) < 4.78 is 18.9. The summed E-state index contributed by atoms with van der Waals surface area (Å²) >= 11 is 0. The number of rotatable bonds is 1. The third kappa shape index (κ3) is 1.24. The van der Waals surface area contributed by atoms with Gasteiger partial charge < -0.3 is 5.21 Å². The quantitative estimate of drug-likeness (QED) is 0.698. The van der Waals surface area contributed by atoms with Gasteiger partial charge in [0.25, 0.3) is 0 Å². The Morgan fingerprint density at radius 2 is 2.14 bits per heavy atom. The molecule has 0 aliphatic heterocycles. The van der Waals surface area contributed by atoms with Crippen LogP contribution in [0.5, 0.6) is 0 Å². The fourth-order valence-corrected chi connectivity index (χ4v) is 2.14. The monoisotopic (exact) mass is 211 g/mol. The third-order valence-corrected chi connectivity index (χ3v) is 2.94. The van der Waals surface area contributed by atoms with E-state index in [4.69, 9.17) is 4.78 Å². The summed E-state index contributed by atoms with van der Waals surface area (Å²) in [6, 6.07) is 6.82. The molecule has 1 aromatic heterocycles. The minimum absolute atomic E-state index is 0.121. The molecule has 6 heteroatoms. The molecule has 1 aromatic carbocycles. The van der Waals surface area contributed by atoms with E-state index >= 15 is 0 Å². The highest BCUT2D eigenvalue weighted by Crippen LogP contribution is 2.21. The van der Waals surface area contributed by atoms with Crippen LogP contribution in [-0.4, -0.2) is 25.6 Å². The number of nitrogens with one attached hydrogen (secondary N) is 1. The maximum absolute atomic E-state index is 11.5. The van der Waals surface area contributed by atoms with Gasteiger partial charge in [0.15, 0.2) is 5.03 Å². The lowest BCUT2D eigenvalue weighted by Crippen LogP contribution is -1.98. The molecule has 14 heavy (non-hydrogen) atoms. The van der Waals surface area contributed by atoms with Crippen LogP contribution in [0.15, 0.2) is 29.3 Å². The highest BCUT2D eigenvalue weighted by atomic mass is 32.2. The molecule has 0 fully saturated rings. The van der Waals surface area contributed by atoms with Gasteiger partial charge in [-0.05, 0) is 12.1 Å². The summed E-state index contributed by atoms with van der Waals surface area (Å²) in [6.07, 6.45) is 1.28. The number of aromatic nitrogens is 2. The van der Waals surface area contributed by atoms with Crippen LogP contribution < -0.4 is 0 Å². The van der Waals surface area contributed by atoms with Crippen molar-refractivity contribution in [1.29, 1.82) is 4.78 Å². The summed E-state index contributed by atoms with van der Waals surface area (Å²) in [4.78, 5) is 0.655. The molecule has 0 spiro atoms. The first-order valence-electron chi connectivity index (χ1n) is 3.91. The van der Waals surface area contributed by atoms with Crippen molar-refractivity contribution in [3.8, 4) is 0 Å². The molecule has 74 valence electrons. The maximum atomic E-state index is 11.5. The fourth-order valence-electron chi connectivity index (χ4n) is 1.31. The van der Waals surface area contributed by atoms with E-state index in [1.807, 2.05) is 0 Å². The van der Waals surface area contributed by atoms with Crippen molar-refractivity contribution in [3.63, 3.8) is 0 Å². The second-order valence-electron chi connectivity index (χ2n) is 3.06. The fraction of sp³-hybridized carbons (Fsp3) is 0.125. The van der Waals surface area contributed by atoms with Gasteiger partial charge in [0, 0.05) is 11.6 Å². The largest absolute Gasteiger partial charge is 0.411 e. The number of benzene rings is 1. The first kappa shape index (κ1) is 9.01. The van der Waals surface area contributed by atoms with Gasteiger partial charge >= 0.3 is 0 Å². The molecule has 0 aliphatic rings. The number of fused-ring (bicyclic) bond motifs is 1. The zero-order chi connectivity index (χ0) is 10.3. The van der Waals surface area contributed by atoms with Gasteiger partial charge in [-0.2, -0.15) is 0 Å². The van der Waals surface area contributed by atoms with Gasteiger partial charge in [0.2, 0.25) is 0 Å². The zero-order valence-electron chi connectivity index (χ0n) is 7.47. The van der Waals surface area contributed by atoms with Crippen molar-refractivity contribution in [2.75, 3.05) is 6.26 Å². The average Bonchev–Trinajstić information content (AvgIpc) is 2.44. The minimum Gasteiger partial charge on any atom is -0.411 e. The van der Waals surface area contributed by atoms with Gasteiger partial charge in [-0.15, -0.1) is 9.94 Å². The van der Waals surface area contributed by atoms with E-state index in [1.165, 1.54) is 6.26 Å². The number of hydrogen-bond acceptors (Lipinski definition) is 4. The van der Waals surface area contributed by atoms with E-state index in [9.17, 15) is 9.42 Å². The van der Waals surface area contributed by atoms with E-state index in [0.717, 1.165) is 0 Å². The Kier molecular flexibility index (Phi) is 1.75. The Balaban J connectivity index is 2.93. The molecule has 2 rings (SSSR count). The topological polar surface area (TPSA) is 79.0 Å². The van der Waals surface area contributed by atoms with Gasteiger partial charge in [-0.1, -0.05) is 12.1 Å². The molecule has 0 bridgehead atoms. The molecule has 5 nitrogen and oxygen atoms in total. The van der Waals surface area contributed by atoms with Gasteiger partial charge in [-0.3, -0.25) is 0 Å². The predicted molar refractivity (Wildman–Crippen MR) is 52.0 cm³/mol. The van der Waals surface area contributed by atoms with Crippen molar-refractivity contribution in [1.82, 2.24) is 9.94 Å². The van der Waals surface area contributed by atoms with Crippen LogP contribution in [0, 0.1) is 4.78 Å². The molecule has 0 radical (unpaired) electrons. The van der Waals surface area contributed by atoms with Gasteiger partial charge in [0.05, 0.1) is 9.73 Å². The van der Waals surface area contributed by atoms with Crippen LogP contribution in [0.1, 0.15) is 0 Å². The predicted octanol–water partition coefficient (Wildman–Crippen LogP) is 1.31. The summed E-state index contributed by atoms with van der Waals surface area (Å²) in [6.45, 7) is 0. The average molecular weight is 211 g/mol. The molecule has 0 saturated heterocycles. The highest BCUT2D eigenvalue weighted by Gasteiger charge is 2.15. The van der Waals surface area contributed by atoms with E-state index < -0.39 is 9.73 Å². The second-order valence-corrected chi connectivity index (χ2v) is 5.13. The van der Waals surface area contributed by atoms with Crippen molar-refractivity contribution < 1.29 is 9.42 Å². The SMILES string of the molecule is CS(=N)(=O)c1nn(O)c2ccccc12. The normalized spacial score (nSPS) is 15.5. The molecule has 0 aliphatic carbocycles. The Bertz CT molecular complexity index is 586. The van der Waals surface area contributed by atoms with E-state index in [1.54, 1.807) is 24.3 Å². The van der Waals surface area contributed by atoms with Crippen molar-refractivity contribution >= 4 is 20.6 Å². The lowest BCUT2D eigenvalue weighted by atomic mass is 10.3. The molecule has 2 N–H and O–H groups in total. The number of para-hydroxylation sites is 1. The van der Waals surface area contributed by atoms with E-state index in [-0.39, 0.29) is 5.03 Å². The van der Waals surface area contributed by atoms with Crippen LogP contribution in [-0.2, 0) is 9.73 Å². The minimum atomic E-state index is -2.90. The molecule has 1 heterocycles. The Morgan fingerprint density at radius 3 is 2.79 bits per heavy atom. The van der Waals surface area contributed by atoms with Crippen molar-refractivity contribution in [2.45, 2.75) is 5.03 Å². The van der Waals surface area contributed by atoms with Crippen LogP contribution in [0.4, 0.5) is 0 Å². The van der Waals surface area contributed by atoms with Crippen LogP contribution >= 0.6 is 0 Å². The lowest BCUT2D eigenvalue weighted by Gasteiger charge is -1.93. The maximum Gasteiger partial charge on any atom is 0.168 e. The first-order chi connectivity index (χ1) is 6.50. The van der Waals surface area contributed by atoms with E-state index in [2.05, 4.69) is 5.10 Å². The van der Waals surface area contributed by atoms with Crippen LogP contribution in [0.2, 0.25) is 0 Å². The molecule has 0 saturated carbocycles. The zero-order valence-corrected chi connectivity index (χ0v) is 8.28. The van der Waals surface area contributed by atoms with Crippen LogP contribution in [0.25, 0.3) is 10.9 Å².